The molecule has 1 aliphatic heterocycles. The molecule has 1 aliphatic carbocycles. The Labute approximate surface area is 146 Å². The minimum absolute atomic E-state index is 0.589. The van der Waals surface area contributed by atoms with Crippen molar-refractivity contribution < 1.29 is 0 Å². The second kappa shape index (κ2) is 8.53. The molecule has 3 heteroatoms. The summed E-state index contributed by atoms with van der Waals surface area (Å²) < 4.78 is 0. The average Bonchev–Trinajstić information content (AvgIpc) is 2.56. The normalized spacial score (nSPS) is 24.2. The van der Waals surface area contributed by atoms with Crippen LogP contribution in [0.1, 0.15) is 76.8 Å². The van der Waals surface area contributed by atoms with E-state index in [4.69, 9.17) is 4.98 Å². The third-order valence-corrected chi connectivity index (χ3v) is 6.57. The average molecular weight is 333 g/mol. The van der Waals surface area contributed by atoms with Crippen LogP contribution < -0.4 is 0 Å². The lowest BCUT2D eigenvalue weighted by Gasteiger charge is -2.38. The van der Waals surface area contributed by atoms with E-state index in [0.717, 1.165) is 11.2 Å². The number of aromatic nitrogens is 1. The molecule has 2 heterocycles. The highest BCUT2D eigenvalue weighted by molar-refractivity contribution is 7.99. The highest BCUT2D eigenvalue weighted by Crippen LogP contribution is 2.39. The Morgan fingerprint density at radius 1 is 1.13 bits per heavy atom. The highest BCUT2D eigenvalue weighted by atomic mass is 32.2. The van der Waals surface area contributed by atoms with Gasteiger partial charge in [0.1, 0.15) is 5.03 Å². The fourth-order valence-electron chi connectivity index (χ4n) is 4.13. The van der Waals surface area contributed by atoms with E-state index in [1.807, 2.05) is 6.20 Å². The standard InChI is InChI=1S/C20H32N2S/c1-16(2)15-22-14-7-6-12-19(22)18-11-8-13-21-20(18)23-17-9-4-3-5-10-17/h8,11,13,16-17,19H,3-7,9-10,12,14-15H2,1-2H3/t19-/m0/s1. The Morgan fingerprint density at radius 3 is 2.70 bits per heavy atom. The number of pyridine rings is 1. The van der Waals surface area contributed by atoms with Gasteiger partial charge in [-0.25, -0.2) is 4.98 Å². The van der Waals surface area contributed by atoms with Gasteiger partial charge in [-0.3, -0.25) is 4.90 Å². The molecule has 0 unspecified atom stereocenters. The van der Waals surface area contributed by atoms with Crippen LogP contribution in [-0.2, 0) is 0 Å². The summed E-state index contributed by atoms with van der Waals surface area (Å²) in [6.45, 7) is 7.15. The first-order valence-corrected chi connectivity index (χ1v) is 10.5. The first-order chi connectivity index (χ1) is 11.2. The zero-order valence-electron chi connectivity index (χ0n) is 14.8. The van der Waals surface area contributed by atoms with Crippen LogP contribution in [0, 0.1) is 5.92 Å². The summed E-state index contributed by atoms with van der Waals surface area (Å²) in [7, 11) is 0. The summed E-state index contributed by atoms with van der Waals surface area (Å²) in [5, 5.41) is 2.11. The maximum absolute atomic E-state index is 4.80. The number of rotatable bonds is 5. The van der Waals surface area contributed by atoms with Crippen molar-refractivity contribution in [1.82, 2.24) is 9.88 Å². The van der Waals surface area contributed by atoms with Gasteiger partial charge in [-0.15, -0.1) is 11.8 Å². The van der Waals surface area contributed by atoms with Crippen LogP contribution in [0.4, 0.5) is 0 Å². The van der Waals surface area contributed by atoms with Crippen molar-refractivity contribution >= 4 is 11.8 Å². The Kier molecular flexibility index (Phi) is 6.41. The van der Waals surface area contributed by atoms with Gasteiger partial charge in [-0.05, 0) is 44.2 Å². The van der Waals surface area contributed by atoms with Crippen molar-refractivity contribution in [3.05, 3.63) is 23.9 Å². The van der Waals surface area contributed by atoms with Crippen LogP contribution >= 0.6 is 11.8 Å². The van der Waals surface area contributed by atoms with Gasteiger partial charge in [-0.1, -0.05) is 45.6 Å². The molecule has 0 spiro atoms. The molecule has 3 rings (SSSR count). The zero-order chi connectivity index (χ0) is 16.1. The monoisotopic (exact) mass is 332 g/mol. The van der Waals surface area contributed by atoms with Gasteiger partial charge in [0.25, 0.3) is 0 Å². The molecule has 1 atom stereocenters. The molecule has 2 nitrogen and oxygen atoms in total. The van der Waals surface area contributed by atoms with E-state index in [9.17, 15) is 0 Å². The van der Waals surface area contributed by atoms with Gasteiger partial charge >= 0.3 is 0 Å². The van der Waals surface area contributed by atoms with E-state index in [2.05, 4.69) is 42.6 Å². The van der Waals surface area contributed by atoms with E-state index in [-0.39, 0.29) is 0 Å². The maximum Gasteiger partial charge on any atom is 0.101 e. The lowest BCUT2D eigenvalue weighted by Crippen LogP contribution is -2.36. The summed E-state index contributed by atoms with van der Waals surface area (Å²) in [5.41, 5.74) is 1.50. The van der Waals surface area contributed by atoms with Crippen LogP contribution in [0.25, 0.3) is 0 Å². The number of piperidine rings is 1. The number of nitrogens with zero attached hydrogens (tertiary/aromatic N) is 2. The first-order valence-electron chi connectivity index (χ1n) is 9.59. The molecule has 1 saturated carbocycles. The molecule has 23 heavy (non-hydrogen) atoms. The number of hydrogen-bond donors (Lipinski definition) is 0. The van der Waals surface area contributed by atoms with Crippen LogP contribution in [0.5, 0.6) is 0 Å². The summed E-state index contributed by atoms with van der Waals surface area (Å²) in [6, 6.07) is 5.08. The summed E-state index contributed by atoms with van der Waals surface area (Å²) in [5.74, 6) is 0.738. The number of thioether (sulfide) groups is 1. The van der Waals surface area contributed by atoms with E-state index < -0.39 is 0 Å². The van der Waals surface area contributed by atoms with E-state index in [1.54, 1.807) is 0 Å². The van der Waals surface area contributed by atoms with Crippen LogP contribution in [-0.4, -0.2) is 28.2 Å². The number of likely N-dealkylation sites (tertiary alicyclic amines) is 1. The smallest absolute Gasteiger partial charge is 0.101 e. The van der Waals surface area contributed by atoms with Gasteiger partial charge in [0.15, 0.2) is 0 Å². The Morgan fingerprint density at radius 2 is 1.91 bits per heavy atom. The lowest BCUT2D eigenvalue weighted by atomic mass is 9.95. The van der Waals surface area contributed by atoms with Crippen molar-refractivity contribution in [2.24, 2.45) is 5.92 Å². The van der Waals surface area contributed by atoms with Crippen LogP contribution in [0.2, 0.25) is 0 Å². The molecule has 1 saturated heterocycles. The maximum atomic E-state index is 4.80. The zero-order valence-corrected chi connectivity index (χ0v) is 15.7. The number of hydrogen-bond acceptors (Lipinski definition) is 3. The predicted octanol–water partition coefficient (Wildman–Crippen LogP) is 5.69. The topological polar surface area (TPSA) is 16.1 Å². The molecule has 0 radical (unpaired) electrons. The molecule has 0 aromatic carbocycles. The van der Waals surface area contributed by atoms with E-state index >= 15 is 0 Å². The third kappa shape index (κ3) is 4.73. The van der Waals surface area contributed by atoms with Crippen molar-refractivity contribution in [2.75, 3.05) is 13.1 Å². The van der Waals surface area contributed by atoms with Crippen molar-refractivity contribution in [1.29, 1.82) is 0 Å². The predicted molar refractivity (Wildman–Crippen MR) is 100.0 cm³/mol. The molecular weight excluding hydrogens is 300 g/mol. The Hall–Kier alpha value is -0.540. The van der Waals surface area contributed by atoms with Crippen molar-refractivity contribution in [3.8, 4) is 0 Å². The Bertz CT molecular complexity index is 482. The molecule has 0 bridgehead atoms. The molecule has 128 valence electrons. The largest absolute Gasteiger partial charge is 0.296 e. The van der Waals surface area contributed by atoms with Crippen molar-refractivity contribution in [3.63, 3.8) is 0 Å². The Balaban J connectivity index is 1.77. The lowest BCUT2D eigenvalue weighted by molar-refractivity contribution is 0.130. The molecular formula is C20H32N2S. The van der Waals surface area contributed by atoms with E-state index in [0.29, 0.717) is 6.04 Å². The van der Waals surface area contributed by atoms with Gasteiger partial charge in [0.2, 0.25) is 0 Å². The summed E-state index contributed by atoms with van der Waals surface area (Å²) in [4.78, 5) is 7.52. The molecule has 1 aromatic heterocycles. The molecule has 0 amide bonds. The fraction of sp³-hybridized carbons (Fsp3) is 0.750. The van der Waals surface area contributed by atoms with Gasteiger partial charge in [0, 0.05) is 29.6 Å². The van der Waals surface area contributed by atoms with Gasteiger partial charge in [-0.2, -0.15) is 0 Å². The SMILES string of the molecule is CC(C)CN1CCCC[C@H]1c1cccnc1SC1CCCCC1. The highest BCUT2D eigenvalue weighted by Gasteiger charge is 2.27. The van der Waals surface area contributed by atoms with E-state index in [1.165, 1.54) is 75.0 Å². The minimum atomic E-state index is 0.589. The second-order valence-electron chi connectivity index (χ2n) is 7.68. The first kappa shape index (κ1) is 17.3. The summed E-state index contributed by atoms with van der Waals surface area (Å²) >= 11 is 2.07. The molecule has 2 aliphatic rings. The second-order valence-corrected chi connectivity index (χ2v) is 8.97. The van der Waals surface area contributed by atoms with Gasteiger partial charge < -0.3 is 0 Å². The molecule has 2 fully saturated rings. The minimum Gasteiger partial charge on any atom is -0.296 e. The molecule has 1 aromatic rings. The quantitative estimate of drug-likeness (QED) is 0.689. The van der Waals surface area contributed by atoms with Crippen molar-refractivity contribution in [2.45, 2.75) is 81.5 Å². The summed E-state index contributed by atoms with van der Waals surface area (Å²) in [6.07, 6.45) is 13.0. The van der Waals surface area contributed by atoms with Crippen LogP contribution in [0.15, 0.2) is 23.4 Å². The van der Waals surface area contributed by atoms with Crippen LogP contribution in [0.3, 0.4) is 0 Å². The van der Waals surface area contributed by atoms with Gasteiger partial charge in [0.05, 0.1) is 0 Å². The third-order valence-electron chi connectivity index (χ3n) is 5.20. The molecule has 0 N–H and O–H groups in total. The fourth-order valence-corrected chi connectivity index (χ4v) is 5.47.